The SMILES string of the molecule is CC(C)Cn1ncc(NCc2ccon2)c(Br)c1=O. The van der Waals surface area contributed by atoms with Gasteiger partial charge in [0.1, 0.15) is 16.4 Å². The van der Waals surface area contributed by atoms with Gasteiger partial charge in [0.05, 0.1) is 18.4 Å². The minimum Gasteiger partial charge on any atom is -0.377 e. The van der Waals surface area contributed by atoms with E-state index >= 15 is 0 Å². The first kappa shape index (κ1) is 13.8. The molecule has 0 amide bonds. The summed E-state index contributed by atoms with van der Waals surface area (Å²) in [5.74, 6) is 0.367. The summed E-state index contributed by atoms with van der Waals surface area (Å²) >= 11 is 3.31. The second-order valence-corrected chi connectivity index (χ2v) is 5.39. The van der Waals surface area contributed by atoms with E-state index < -0.39 is 0 Å². The van der Waals surface area contributed by atoms with Gasteiger partial charge in [-0.25, -0.2) is 4.68 Å². The van der Waals surface area contributed by atoms with E-state index in [9.17, 15) is 4.79 Å². The number of hydrogen-bond acceptors (Lipinski definition) is 5. The second kappa shape index (κ2) is 6.01. The molecule has 0 bridgehead atoms. The van der Waals surface area contributed by atoms with Crippen LogP contribution in [0, 0.1) is 5.92 Å². The lowest BCUT2D eigenvalue weighted by molar-refractivity contribution is 0.412. The Morgan fingerprint density at radius 2 is 2.32 bits per heavy atom. The van der Waals surface area contributed by atoms with Gasteiger partial charge >= 0.3 is 0 Å². The van der Waals surface area contributed by atoms with Gasteiger partial charge in [0, 0.05) is 12.6 Å². The fourth-order valence-electron chi connectivity index (χ4n) is 1.58. The predicted molar refractivity (Wildman–Crippen MR) is 74.9 cm³/mol. The molecule has 2 rings (SSSR count). The zero-order valence-electron chi connectivity index (χ0n) is 10.8. The quantitative estimate of drug-likeness (QED) is 0.912. The summed E-state index contributed by atoms with van der Waals surface area (Å²) < 4.78 is 6.67. The van der Waals surface area contributed by atoms with Crippen molar-refractivity contribution in [2.24, 2.45) is 5.92 Å². The van der Waals surface area contributed by atoms with E-state index in [-0.39, 0.29) is 5.56 Å². The summed E-state index contributed by atoms with van der Waals surface area (Å²) in [4.78, 5) is 12.1. The Morgan fingerprint density at radius 3 is 2.95 bits per heavy atom. The van der Waals surface area contributed by atoms with Crippen LogP contribution >= 0.6 is 15.9 Å². The number of nitrogens with zero attached hydrogens (tertiary/aromatic N) is 3. The Bertz CT molecular complexity index is 592. The van der Waals surface area contributed by atoms with Gasteiger partial charge in [0.15, 0.2) is 0 Å². The molecule has 19 heavy (non-hydrogen) atoms. The minimum atomic E-state index is -0.140. The van der Waals surface area contributed by atoms with Crippen LogP contribution in [-0.4, -0.2) is 14.9 Å². The lowest BCUT2D eigenvalue weighted by atomic mass is 10.2. The summed E-state index contributed by atoms with van der Waals surface area (Å²) in [5, 5.41) is 11.0. The molecule has 102 valence electrons. The molecule has 0 atom stereocenters. The zero-order valence-corrected chi connectivity index (χ0v) is 12.3. The monoisotopic (exact) mass is 326 g/mol. The lowest BCUT2D eigenvalue weighted by Crippen LogP contribution is -2.26. The molecule has 0 aliphatic rings. The zero-order chi connectivity index (χ0) is 13.8. The Labute approximate surface area is 118 Å². The van der Waals surface area contributed by atoms with Crippen molar-refractivity contribution < 1.29 is 4.52 Å². The minimum absolute atomic E-state index is 0.140. The molecule has 0 aliphatic heterocycles. The highest BCUT2D eigenvalue weighted by Crippen LogP contribution is 2.17. The topological polar surface area (TPSA) is 73.0 Å². The van der Waals surface area contributed by atoms with Crippen LogP contribution in [0.2, 0.25) is 0 Å². The van der Waals surface area contributed by atoms with Crippen molar-refractivity contribution in [3.8, 4) is 0 Å². The maximum Gasteiger partial charge on any atom is 0.283 e. The van der Waals surface area contributed by atoms with Crippen LogP contribution in [-0.2, 0) is 13.1 Å². The molecule has 7 heteroatoms. The summed E-state index contributed by atoms with van der Waals surface area (Å²) in [7, 11) is 0. The average molecular weight is 327 g/mol. The molecular weight excluding hydrogens is 312 g/mol. The number of anilines is 1. The van der Waals surface area contributed by atoms with Gasteiger partial charge in [-0.05, 0) is 21.8 Å². The highest BCUT2D eigenvalue weighted by atomic mass is 79.9. The number of nitrogens with one attached hydrogen (secondary N) is 1. The summed E-state index contributed by atoms with van der Waals surface area (Å²) in [6, 6.07) is 1.76. The van der Waals surface area contributed by atoms with Crippen LogP contribution in [0.3, 0.4) is 0 Å². The van der Waals surface area contributed by atoms with Crippen LogP contribution in [0.15, 0.2) is 32.3 Å². The third-order valence-corrected chi connectivity index (χ3v) is 3.24. The smallest absolute Gasteiger partial charge is 0.283 e. The van der Waals surface area contributed by atoms with Gasteiger partial charge in [-0.2, -0.15) is 5.10 Å². The van der Waals surface area contributed by atoms with Crippen molar-refractivity contribution >= 4 is 21.6 Å². The van der Waals surface area contributed by atoms with Crippen LogP contribution in [0.4, 0.5) is 5.69 Å². The maximum atomic E-state index is 12.1. The molecule has 0 radical (unpaired) electrons. The molecule has 2 heterocycles. The van der Waals surface area contributed by atoms with Crippen molar-refractivity contribution in [3.63, 3.8) is 0 Å². The second-order valence-electron chi connectivity index (χ2n) is 4.60. The Hall–Kier alpha value is -1.63. The number of rotatable bonds is 5. The van der Waals surface area contributed by atoms with Gasteiger partial charge in [-0.1, -0.05) is 19.0 Å². The molecule has 2 aromatic rings. The number of hydrogen-bond donors (Lipinski definition) is 1. The van der Waals surface area contributed by atoms with Crippen molar-refractivity contribution in [1.29, 1.82) is 0 Å². The largest absolute Gasteiger partial charge is 0.377 e. The third-order valence-electron chi connectivity index (χ3n) is 2.47. The van der Waals surface area contributed by atoms with Gasteiger partial charge < -0.3 is 9.84 Å². The first-order valence-corrected chi connectivity index (χ1v) is 6.76. The number of halogens is 1. The van der Waals surface area contributed by atoms with E-state index in [0.29, 0.717) is 29.2 Å². The van der Waals surface area contributed by atoms with E-state index in [4.69, 9.17) is 4.52 Å². The summed E-state index contributed by atoms with van der Waals surface area (Å²) in [6.07, 6.45) is 3.14. The van der Waals surface area contributed by atoms with E-state index in [1.54, 1.807) is 12.3 Å². The lowest BCUT2D eigenvalue weighted by Gasteiger charge is -2.11. The fourth-order valence-corrected chi connectivity index (χ4v) is 2.03. The highest BCUT2D eigenvalue weighted by Gasteiger charge is 2.10. The molecule has 0 saturated carbocycles. The molecule has 0 aliphatic carbocycles. The van der Waals surface area contributed by atoms with Gasteiger partial charge in [-0.3, -0.25) is 4.79 Å². The van der Waals surface area contributed by atoms with Crippen LogP contribution < -0.4 is 10.9 Å². The Kier molecular flexibility index (Phi) is 4.36. The van der Waals surface area contributed by atoms with Crippen molar-refractivity contribution in [2.75, 3.05) is 5.32 Å². The van der Waals surface area contributed by atoms with E-state index in [0.717, 1.165) is 5.69 Å². The van der Waals surface area contributed by atoms with Crippen LogP contribution in [0.25, 0.3) is 0 Å². The third kappa shape index (κ3) is 3.44. The summed E-state index contributed by atoms with van der Waals surface area (Å²) in [5.41, 5.74) is 1.27. The van der Waals surface area contributed by atoms with Gasteiger partial charge in [-0.15, -0.1) is 0 Å². The average Bonchev–Trinajstić information content (AvgIpc) is 2.87. The molecule has 0 aromatic carbocycles. The standard InChI is InChI=1S/C12H15BrN4O2/c1-8(2)7-17-12(18)11(13)10(6-15-17)14-5-9-3-4-19-16-9/h3-4,6,8,14H,5,7H2,1-2H3. The Morgan fingerprint density at radius 1 is 1.53 bits per heavy atom. The molecule has 2 aromatic heterocycles. The molecule has 0 unspecified atom stereocenters. The molecule has 0 fully saturated rings. The molecule has 1 N–H and O–H groups in total. The van der Waals surface area contributed by atoms with Crippen molar-refractivity contribution in [2.45, 2.75) is 26.9 Å². The van der Waals surface area contributed by atoms with E-state index in [2.05, 4.69) is 31.5 Å². The van der Waals surface area contributed by atoms with E-state index in [1.807, 2.05) is 13.8 Å². The van der Waals surface area contributed by atoms with Gasteiger partial charge in [0.25, 0.3) is 5.56 Å². The highest BCUT2D eigenvalue weighted by molar-refractivity contribution is 9.10. The normalized spacial score (nSPS) is 10.9. The fraction of sp³-hybridized carbons (Fsp3) is 0.417. The molecule has 6 nitrogen and oxygen atoms in total. The van der Waals surface area contributed by atoms with Gasteiger partial charge in [0.2, 0.25) is 0 Å². The Balaban J connectivity index is 2.14. The first-order chi connectivity index (χ1) is 9.08. The first-order valence-electron chi connectivity index (χ1n) is 5.96. The summed E-state index contributed by atoms with van der Waals surface area (Å²) in [6.45, 7) is 5.16. The van der Waals surface area contributed by atoms with Crippen molar-refractivity contribution in [1.82, 2.24) is 14.9 Å². The number of aromatic nitrogens is 3. The van der Waals surface area contributed by atoms with Crippen molar-refractivity contribution in [3.05, 3.63) is 39.0 Å². The maximum absolute atomic E-state index is 12.1. The van der Waals surface area contributed by atoms with Crippen LogP contribution in [0.1, 0.15) is 19.5 Å². The molecule has 0 spiro atoms. The predicted octanol–water partition coefficient (Wildman–Crippen LogP) is 2.26. The molecule has 0 saturated heterocycles. The van der Waals surface area contributed by atoms with E-state index in [1.165, 1.54) is 10.9 Å². The van der Waals surface area contributed by atoms with Crippen LogP contribution in [0.5, 0.6) is 0 Å². The molecular formula is C12H15BrN4O2.